The van der Waals surface area contributed by atoms with Crippen LogP contribution in [0.2, 0.25) is 0 Å². The summed E-state index contributed by atoms with van der Waals surface area (Å²) in [4.78, 5) is 2.37. The maximum absolute atomic E-state index is 11.5. The number of nitrogens with zero attached hydrogens (tertiary/aromatic N) is 1. The lowest BCUT2D eigenvalue weighted by atomic mass is 10.0. The van der Waals surface area contributed by atoms with Gasteiger partial charge in [-0.15, -0.1) is 0 Å². The monoisotopic (exact) mass is 358 g/mol. The van der Waals surface area contributed by atoms with Gasteiger partial charge >= 0.3 is 0 Å². The highest BCUT2D eigenvalue weighted by Gasteiger charge is 2.20. The van der Waals surface area contributed by atoms with E-state index in [2.05, 4.69) is 58.2 Å². The van der Waals surface area contributed by atoms with Crippen LogP contribution in [-0.2, 0) is 10.8 Å². The second kappa shape index (κ2) is 7.57. The molecule has 1 unspecified atom stereocenters. The molecule has 1 heterocycles. The van der Waals surface area contributed by atoms with Crippen LogP contribution >= 0.6 is 15.9 Å². The van der Waals surface area contributed by atoms with E-state index in [1.165, 1.54) is 11.3 Å². The summed E-state index contributed by atoms with van der Waals surface area (Å²) in [5.74, 6) is 1.57. The minimum atomic E-state index is -0.628. The van der Waals surface area contributed by atoms with Gasteiger partial charge < -0.3 is 10.2 Å². The van der Waals surface area contributed by atoms with E-state index in [4.69, 9.17) is 0 Å². The summed E-state index contributed by atoms with van der Waals surface area (Å²) in [5, 5.41) is 3.56. The summed E-state index contributed by atoms with van der Waals surface area (Å²) in [7, 11) is -0.628. The Labute approximate surface area is 132 Å². The van der Waals surface area contributed by atoms with E-state index in [0.29, 0.717) is 6.04 Å². The third-order valence-corrected chi connectivity index (χ3v) is 5.44. The van der Waals surface area contributed by atoms with Gasteiger partial charge in [-0.1, -0.05) is 22.9 Å². The molecular formula is C15H23BrN2OS. The predicted molar refractivity (Wildman–Crippen MR) is 90.9 cm³/mol. The van der Waals surface area contributed by atoms with Gasteiger partial charge in [0, 0.05) is 51.6 Å². The third kappa shape index (κ3) is 4.06. The van der Waals surface area contributed by atoms with E-state index in [9.17, 15) is 4.21 Å². The minimum Gasteiger partial charge on any atom is -0.369 e. The summed E-state index contributed by atoms with van der Waals surface area (Å²) in [5.41, 5.74) is 2.60. The van der Waals surface area contributed by atoms with Crippen molar-refractivity contribution in [1.82, 2.24) is 5.32 Å². The first-order valence-corrected chi connectivity index (χ1v) is 9.52. The van der Waals surface area contributed by atoms with Gasteiger partial charge in [0.1, 0.15) is 0 Å². The number of hydrogen-bond donors (Lipinski definition) is 1. The Morgan fingerprint density at radius 2 is 2.10 bits per heavy atom. The molecule has 3 nitrogen and oxygen atoms in total. The molecule has 0 bridgehead atoms. The van der Waals surface area contributed by atoms with Crippen molar-refractivity contribution in [3.63, 3.8) is 0 Å². The van der Waals surface area contributed by atoms with Gasteiger partial charge in [-0.05, 0) is 43.7 Å². The standard InChI is InChI=1S/C15H23BrN2OS/c1-3-6-17-12(2)14-11-13(16)4-5-15(14)18-7-9-20(19)10-8-18/h4-5,11-12,17H,3,6-10H2,1-2H3. The largest absolute Gasteiger partial charge is 0.369 e. The lowest BCUT2D eigenvalue weighted by Crippen LogP contribution is -2.38. The summed E-state index contributed by atoms with van der Waals surface area (Å²) in [6, 6.07) is 6.80. The molecular weight excluding hydrogens is 336 g/mol. The molecule has 1 atom stereocenters. The number of anilines is 1. The Kier molecular flexibility index (Phi) is 6.05. The lowest BCUT2D eigenvalue weighted by Gasteiger charge is -2.32. The van der Waals surface area contributed by atoms with Gasteiger partial charge in [-0.2, -0.15) is 0 Å². The molecule has 1 aromatic rings. The minimum absolute atomic E-state index is 0.329. The van der Waals surface area contributed by atoms with Crippen LogP contribution in [0.5, 0.6) is 0 Å². The fourth-order valence-electron chi connectivity index (χ4n) is 2.51. The molecule has 0 radical (unpaired) electrons. The molecule has 112 valence electrons. The average molecular weight is 359 g/mol. The summed E-state index contributed by atoms with van der Waals surface area (Å²) >= 11 is 3.57. The van der Waals surface area contributed by atoms with Crippen LogP contribution in [0.1, 0.15) is 31.9 Å². The Morgan fingerprint density at radius 3 is 2.75 bits per heavy atom. The quantitative estimate of drug-likeness (QED) is 0.877. The zero-order valence-electron chi connectivity index (χ0n) is 12.2. The third-order valence-electron chi connectivity index (χ3n) is 3.68. The van der Waals surface area contributed by atoms with Gasteiger partial charge in [0.15, 0.2) is 0 Å². The molecule has 0 aromatic heterocycles. The molecule has 20 heavy (non-hydrogen) atoms. The number of rotatable bonds is 5. The van der Waals surface area contributed by atoms with Gasteiger partial charge in [-0.3, -0.25) is 4.21 Å². The van der Waals surface area contributed by atoms with E-state index in [0.717, 1.165) is 42.0 Å². The Bertz CT molecular complexity index is 471. The van der Waals surface area contributed by atoms with Crippen molar-refractivity contribution in [1.29, 1.82) is 0 Å². The van der Waals surface area contributed by atoms with Crippen LogP contribution in [0.3, 0.4) is 0 Å². The van der Waals surface area contributed by atoms with Crippen LogP contribution in [0.15, 0.2) is 22.7 Å². The van der Waals surface area contributed by atoms with E-state index in [-0.39, 0.29) is 0 Å². The van der Waals surface area contributed by atoms with E-state index in [1.54, 1.807) is 0 Å². The zero-order chi connectivity index (χ0) is 14.5. The van der Waals surface area contributed by atoms with Crippen molar-refractivity contribution in [3.8, 4) is 0 Å². The summed E-state index contributed by atoms with van der Waals surface area (Å²) in [6.07, 6.45) is 1.14. The van der Waals surface area contributed by atoms with Crippen molar-refractivity contribution in [3.05, 3.63) is 28.2 Å². The smallest absolute Gasteiger partial charge is 0.0415 e. The van der Waals surface area contributed by atoms with E-state index >= 15 is 0 Å². The molecule has 1 aliphatic heterocycles. The molecule has 1 fully saturated rings. The molecule has 5 heteroatoms. The van der Waals surface area contributed by atoms with Crippen LogP contribution in [0, 0.1) is 0 Å². The summed E-state index contributed by atoms with van der Waals surface area (Å²) < 4.78 is 12.6. The molecule has 1 N–H and O–H groups in total. The van der Waals surface area contributed by atoms with Gasteiger partial charge in [0.2, 0.25) is 0 Å². The van der Waals surface area contributed by atoms with Crippen LogP contribution in [0.25, 0.3) is 0 Å². The van der Waals surface area contributed by atoms with Crippen molar-refractivity contribution in [2.24, 2.45) is 0 Å². The predicted octanol–water partition coefficient (Wildman–Crippen LogP) is 3.08. The van der Waals surface area contributed by atoms with E-state index < -0.39 is 10.8 Å². The molecule has 0 spiro atoms. The second-order valence-electron chi connectivity index (χ2n) is 5.21. The molecule has 2 rings (SSSR count). The van der Waals surface area contributed by atoms with Crippen molar-refractivity contribution < 1.29 is 4.21 Å². The molecule has 1 aliphatic rings. The zero-order valence-corrected chi connectivity index (χ0v) is 14.6. The fraction of sp³-hybridized carbons (Fsp3) is 0.600. The lowest BCUT2D eigenvalue weighted by molar-refractivity contribution is 0.569. The first-order chi connectivity index (χ1) is 9.61. The van der Waals surface area contributed by atoms with Crippen molar-refractivity contribution in [2.75, 3.05) is 36.0 Å². The SMILES string of the molecule is CCCNC(C)c1cc(Br)ccc1N1CCS(=O)CC1. The topological polar surface area (TPSA) is 32.3 Å². The summed E-state index contributed by atoms with van der Waals surface area (Å²) in [6.45, 7) is 7.20. The highest BCUT2D eigenvalue weighted by Crippen LogP contribution is 2.30. The van der Waals surface area contributed by atoms with Gasteiger partial charge in [0.25, 0.3) is 0 Å². The second-order valence-corrected chi connectivity index (χ2v) is 7.83. The maximum Gasteiger partial charge on any atom is 0.0415 e. The molecule has 0 amide bonds. The first kappa shape index (κ1) is 16.0. The number of nitrogens with one attached hydrogen (secondary N) is 1. The first-order valence-electron chi connectivity index (χ1n) is 7.24. The van der Waals surface area contributed by atoms with Crippen molar-refractivity contribution >= 4 is 32.4 Å². The highest BCUT2D eigenvalue weighted by atomic mass is 79.9. The number of halogens is 1. The van der Waals surface area contributed by atoms with Crippen LogP contribution in [-0.4, -0.2) is 35.3 Å². The Hall–Kier alpha value is -0.390. The molecule has 1 aromatic carbocycles. The molecule has 1 saturated heterocycles. The van der Waals surface area contributed by atoms with E-state index in [1.807, 2.05) is 0 Å². The molecule has 0 saturated carbocycles. The molecule has 0 aliphatic carbocycles. The Balaban J connectivity index is 2.21. The normalized spacial score (nSPS) is 18.2. The Morgan fingerprint density at radius 1 is 1.40 bits per heavy atom. The van der Waals surface area contributed by atoms with Gasteiger partial charge in [0.05, 0.1) is 0 Å². The van der Waals surface area contributed by atoms with Crippen LogP contribution in [0.4, 0.5) is 5.69 Å². The average Bonchev–Trinajstić information content (AvgIpc) is 2.46. The van der Waals surface area contributed by atoms with Gasteiger partial charge in [-0.25, -0.2) is 0 Å². The number of hydrogen-bond acceptors (Lipinski definition) is 3. The van der Waals surface area contributed by atoms with Crippen LogP contribution < -0.4 is 10.2 Å². The number of benzene rings is 1. The maximum atomic E-state index is 11.5. The van der Waals surface area contributed by atoms with Crippen molar-refractivity contribution in [2.45, 2.75) is 26.3 Å². The highest BCUT2D eigenvalue weighted by molar-refractivity contribution is 9.10. The fourth-order valence-corrected chi connectivity index (χ4v) is 3.94.